The first-order valence-corrected chi connectivity index (χ1v) is 5.90. The summed E-state index contributed by atoms with van der Waals surface area (Å²) < 4.78 is 15.3. The molecular weight excluding hydrogens is 204 g/mol. The Balaban J connectivity index is 2.78. The Morgan fingerprint density at radius 1 is 0.929 bits per heavy atom. The molecule has 0 bridgehead atoms. The van der Waals surface area contributed by atoms with E-state index < -0.39 is 0 Å². The third-order valence-electron chi connectivity index (χ3n) is 1.41. The van der Waals surface area contributed by atoms with Crippen molar-refractivity contribution >= 4 is 11.8 Å². The molecule has 0 aliphatic rings. The maximum absolute atomic E-state index is 8.50. The zero-order valence-corrected chi connectivity index (χ0v) is 9.55. The van der Waals surface area contributed by atoms with Gasteiger partial charge in [0.2, 0.25) is 0 Å². The molecule has 14 heavy (non-hydrogen) atoms. The maximum Gasteiger partial charge on any atom is 0.0701 e. The number of aliphatic hydroxyl groups excluding tert-OH is 1. The molecule has 0 fully saturated rings. The van der Waals surface area contributed by atoms with Gasteiger partial charge in [-0.3, -0.25) is 0 Å². The van der Waals surface area contributed by atoms with Crippen molar-refractivity contribution in [1.82, 2.24) is 0 Å². The normalized spacial score (nSPS) is 10.7. The van der Waals surface area contributed by atoms with Gasteiger partial charge in [-0.1, -0.05) is 0 Å². The predicted molar refractivity (Wildman–Crippen MR) is 57.9 cm³/mol. The molecule has 1 N–H and O–H groups in total. The van der Waals surface area contributed by atoms with Gasteiger partial charge in [-0.25, -0.2) is 0 Å². The Bertz CT molecular complexity index is 90.8. The molecular formula is C9H20O4S. The van der Waals surface area contributed by atoms with Crippen LogP contribution in [0.3, 0.4) is 0 Å². The molecule has 86 valence electrons. The van der Waals surface area contributed by atoms with Crippen LogP contribution in [0.5, 0.6) is 0 Å². The Hall–Kier alpha value is 0.190. The van der Waals surface area contributed by atoms with Crippen molar-refractivity contribution in [3.8, 4) is 0 Å². The smallest absolute Gasteiger partial charge is 0.0701 e. The minimum atomic E-state index is 0.241. The second-order valence-electron chi connectivity index (χ2n) is 2.55. The number of ether oxygens (including phenoxy) is 3. The van der Waals surface area contributed by atoms with Gasteiger partial charge in [-0.15, -0.1) is 0 Å². The first-order valence-electron chi connectivity index (χ1n) is 4.75. The van der Waals surface area contributed by atoms with Gasteiger partial charge in [0.1, 0.15) is 0 Å². The van der Waals surface area contributed by atoms with Gasteiger partial charge in [0.15, 0.2) is 0 Å². The summed E-state index contributed by atoms with van der Waals surface area (Å²) in [5.74, 6) is 1.71. The van der Waals surface area contributed by atoms with Crippen LogP contribution in [0.2, 0.25) is 0 Å². The average Bonchev–Trinajstić information content (AvgIpc) is 2.21. The molecule has 0 unspecified atom stereocenters. The lowest BCUT2D eigenvalue weighted by Gasteiger charge is -2.04. The minimum absolute atomic E-state index is 0.241. The number of aliphatic hydroxyl groups is 1. The summed E-state index contributed by atoms with van der Waals surface area (Å²) in [6.45, 7) is 3.46. The summed E-state index contributed by atoms with van der Waals surface area (Å²) in [7, 11) is 1.65. The van der Waals surface area contributed by atoms with Gasteiger partial charge in [0.25, 0.3) is 0 Å². The number of hydrogen-bond acceptors (Lipinski definition) is 5. The van der Waals surface area contributed by atoms with Crippen LogP contribution >= 0.6 is 11.8 Å². The SMILES string of the molecule is COCCOCCOCCSCCO. The van der Waals surface area contributed by atoms with Crippen LogP contribution in [-0.4, -0.2) is 63.4 Å². The van der Waals surface area contributed by atoms with E-state index in [2.05, 4.69) is 0 Å². The van der Waals surface area contributed by atoms with Crippen LogP contribution in [0, 0.1) is 0 Å². The highest BCUT2D eigenvalue weighted by Crippen LogP contribution is 1.97. The summed E-state index contributed by atoms with van der Waals surface area (Å²) in [5.41, 5.74) is 0. The second-order valence-corrected chi connectivity index (χ2v) is 3.78. The summed E-state index contributed by atoms with van der Waals surface area (Å²) in [6, 6.07) is 0. The van der Waals surface area contributed by atoms with E-state index in [0.29, 0.717) is 26.4 Å². The molecule has 0 spiro atoms. The second kappa shape index (κ2) is 13.2. The minimum Gasteiger partial charge on any atom is -0.396 e. The standard InChI is InChI=1S/C9H20O4S/c1-11-3-4-12-5-6-13-7-9-14-8-2-10/h10H,2-9H2,1H3. The summed E-state index contributed by atoms with van der Waals surface area (Å²) in [6.07, 6.45) is 0. The first-order chi connectivity index (χ1) is 6.91. The molecule has 4 nitrogen and oxygen atoms in total. The Kier molecular flexibility index (Phi) is 13.4. The quantitative estimate of drug-likeness (QED) is 0.515. The van der Waals surface area contributed by atoms with Crippen molar-refractivity contribution in [2.45, 2.75) is 0 Å². The molecule has 0 rings (SSSR count). The third kappa shape index (κ3) is 12.2. The Morgan fingerprint density at radius 3 is 2.21 bits per heavy atom. The number of thioether (sulfide) groups is 1. The highest BCUT2D eigenvalue weighted by Gasteiger charge is 1.90. The van der Waals surface area contributed by atoms with Crippen LogP contribution in [0.15, 0.2) is 0 Å². The zero-order valence-electron chi connectivity index (χ0n) is 8.74. The van der Waals surface area contributed by atoms with E-state index in [9.17, 15) is 0 Å². The van der Waals surface area contributed by atoms with Crippen molar-refractivity contribution in [2.75, 3.05) is 58.3 Å². The topological polar surface area (TPSA) is 47.9 Å². The Morgan fingerprint density at radius 2 is 1.57 bits per heavy atom. The van der Waals surface area contributed by atoms with E-state index in [1.807, 2.05) is 0 Å². The fourth-order valence-corrected chi connectivity index (χ4v) is 1.32. The molecule has 0 radical (unpaired) electrons. The van der Waals surface area contributed by atoms with Gasteiger partial charge in [-0.05, 0) is 0 Å². The number of methoxy groups -OCH3 is 1. The summed E-state index contributed by atoms with van der Waals surface area (Å²) >= 11 is 1.69. The van der Waals surface area contributed by atoms with Gasteiger partial charge >= 0.3 is 0 Å². The lowest BCUT2D eigenvalue weighted by Crippen LogP contribution is -2.09. The van der Waals surface area contributed by atoms with Crippen molar-refractivity contribution in [1.29, 1.82) is 0 Å². The number of rotatable bonds is 11. The van der Waals surface area contributed by atoms with E-state index in [4.69, 9.17) is 19.3 Å². The fraction of sp³-hybridized carbons (Fsp3) is 1.00. The molecule has 5 heteroatoms. The van der Waals surface area contributed by atoms with Crippen molar-refractivity contribution in [3.63, 3.8) is 0 Å². The van der Waals surface area contributed by atoms with Crippen molar-refractivity contribution < 1.29 is 19.3 Å². The van der Waals surface area contributed by atoms with E-state index in [1.165, 1.54) is 0 Å². The highest BCUT2D eigenvalue weighted by atomic mass is 32.2. The molecule has 0 aromatic heterocycles. The molecule has 0 heterocycles. The molecule has 0 saturated carbocycles. The summed E-state index contributed by atoms with van der Waals surface area (Å²) in [5, 5.41) is 8.50. The van der Waals surface area contributed by atoms with Crippen LogP contribution < -0.4 is 0 Å². The Labute approximate surface area is 89.9 Å². The summed E-state index contributed by atoms with van der Waals surface area (Å²) in [4.78, 5) is 0. The van der Waals surface area contributed by atoms with Crippen molar-refractivity contribution in [2.24, 2.45) is 0 Å². The van der Waals surface area contributed by atoms with Gasteiger partial charge in [0, 0.05) is 18.6 Å². The third-order valence-corrected chi connectivity index (χ3v) is 2.34. The molecule has 0 aliphatic carbocycles. The van der Waals surface area contributed by atoms with Crippen molar-refractivity contribution in [3.05, 3.63) is 0 Å². The van der Waals surface area contributed by atoms with Crippen LogP contribution in [0.4, 0.5) is 0 Å². The molecule has 0 aromatic carbocycles. The average molecular weight is 224 g/mol. The molecule has 0 aliphatic heterocycles. The monoisotopic (exact) mass is 224 g/mol. The van der Waals surface area contributed by atoms with E-state index in [0.717, 1.165) is 18.1 Å². The van der Waals surface area contributed by atoms with Gasteiger partial charge in [0.05, 0.1) is 39.6 Å². The highest BCUT2D eigenvalue weighted by molar-refractivity contribution is 7.99. The lowest BCUT2D eigenvalue weighted by atomic mass is 10.7. The number of hydrogen-bond donors (Lipinski definition) is 1. The first kappa shape index (κ1) is 14.2. The largest absolute Gasteiger partial charge is 0.396 e. The predicted octanol–water partition coefficient (Wildman–Crippen LogP) is 0.392. The molecule has 0 atom stereocenters. The molecule has 0 saturated heterocycles. The van der Waals surface area contributed by atoms with E-state index >= 15 is 0 Å². The fourth-order valence-electron chi connectivity index (χ4n) is 0.749. The van der Waals surface area contributed by atoms with Gasteiger partial charge in [-0.2, -0.15) is 11.8 Å². The maximum atomic E-state index is 8.50. The van der Waals surface area contributed by atoms with Crippen LogP contribution in [0.1, 0.15) is 0 Å². The lowest BCUT2D eigenvalue weighted by molar-refractivity contribution is 0.0286. The van der Waals surface area contributed by atoms with E-state index in [-0.39, 0.29) is 6.61 Å². The molecule has 0 aromatic rings. The molecule has 0 amide bonds. The van der Waals surface area contributed by atoms with Crippen LogP contribution in [0.25, 0.3) is 0 Å². The van der Waals surface area contributed by atoms with Crippen LogP contribution in [-0.2, 0) is 14.2 Å². The van der Waals surface area contributed by atoms with E-state index in [1.54, 1.807) is 18.9 Å². The van der Waals surface area contributed by atoms with Gasteiger partial charge < -0.3 is 19.3 Å². The zero-order chi connectivity index (χ0) is 10.5.